The summed E-state index contributed by atoms with van der Waals surface area (Å²) in [5, 5.41) is 0. The highest BCUT2D eigenvalue weighted by molar-refractivity contribution is 7.57. The number of hydrogen-bond acceptors (Lipinski definition) is 2. The van der Waals surface area contributed by atoms with Crippen LogP contribution >= 0.6 is 7.52 Å². The fraction of sp³-hybridized carbons (Fsp3) is 0.639. The van der Waals surface area contributed by atoms with Gasteiger partial charge < -0.3 is 4.52 Å². The molecule has 222 valence electrons. The van der Waals surface area contributed by atoms with Crippen LogP contribution in [-0.4, -0.2) is 11.0 Å². The first-order valence-corrected chi connectivity index (χ1v) is 18.3. The van der Waals surface area contributed by atoms with Crippen molar-refractivity contribution in [3.63, 3.8) is 0 Å². The van der Waals surface area contributed by atoms with Gasteiger partial charge in [0.05, 0.1) is 6.66 Å². The zero-order valence-electron chi connectivity index (χ0n) is 27.5. The van der Waals surface area contributed by atoms with E-state index in [0.717, 1.165) is 41.9 Å². The van der Waals surface area contributed by atoms with E-state index >= 15 is 0 Å². The molecule has 5 heteroatoms. The molecule has 2 aliphatic heterocycles. The number of unbranched alkanes of at least 4 members (excludes halogenated alkanes) is 2. The highest BCUT2D eigenvalue weighted by Crippen LogP contribution is 2.66. The molecule has 0 radical (unpaired) electrons. The van der Waals surface area contributed by atoms with Gasteiger partial charge in [-0.2, -0.15) is 0 Å². The van der Waals surface area contributed by atoms with Gasteiger partial charge in [0, 0.05) is 5.41 Å². The molecule has 4 nitrogen and oxygen atoms in total. The number of rotatable bonds is 7. The molecule has 0 spiro atoms. The van der Waals surface area contributed by atoms with Crippen molar-refractivity contribution in [2.45, 2.75) is 136 Å². The standard InChI is InChI=1S/C36H52N2O2P/c1-12-16-17-21-35(10)32(5,6)25-22-27-28(23-26(25)33(35,7)8)38-31-30-24(19-18-20-29(30)40-41(38,11)39)34(9,13-2)36(14-3,15-4)37(27)31/h18-20,22-23H,12-17,21H2,1-11H3/q+1. The summed E-state index contributed by atoms with van der Waals surface area (Å²) in [7, 11) is -3.20. The molecular weight excluding hydrogens is 523 g/mol. The molecule has 1 aliphatic carbocycles. The van der Waals surface area contributed by atoms with E-state index < -0.39 is 7.52 Å². The largest absolute Gasteiger partial charge is 0.428 e. The number of hydrogen-bond donors (Lipinski definition) is 0. The summed E-state index contributed by atoms with van der Waals surface area (Å²) < 4.78 is 25.9. The molecule has 0 saturated heterocycles. The number of fused-ring (bicyclic) bond motifs is 4. The maximum Gasteiger partial charge on any atom is 0.428 e. The van der Waals surface area contributed by atoms with E-state index in [4.69, 9.17) is 4.52 Å². The van der Waals surface area contributed by atoms with Crippen molar-refractivity contribution >= 4 is 18.6 Å². The van der Waals surface area contributed by atoms with E-state index in [1.807, 2.05) is 12.7 Å². The van der Waals surface area contributed by atoms with Crippen LogP contribution in [0.4, 0.5) is 0 Å². The van der Waals surface area contributed by atoms with E-state index in [9.17, 15) is 4.57 Å². The van der Waals surface area contributed by atoms with Crippen LogP contribution in [0, 0.1) is 5.41 Å². The highest BCUT2D eigenvalue weighted by Gasteiger charge is 2.63. The summed E-state index contributed by atoms with van der Waals surface area (Å²) in [6, 6.07) is 11.4. The van der Waals surface area contributed by atoms with Gasteiger partial charge in [0.1, 0.15) is 16.9 Å². The Morgan fingerprint density at radius 1 is 0.854 bits per heavy atom. The Bertz CT molecular complexity index is 1620. The van der Waals surface area contributed by atoms with E-state index in [1.165, 1.54) is 47.9 Å². The Morgan fingerprint density at radius 3 is 2.07 bits per heavy atom. The minimum atomic E-state index is -3.20. The summed E-state index contributed by atoms with van der Waals surface area (Å²) in [4.78, 5) is 0. The van der Waals surface area contributed by atoms with Gasteiger partial charge in [-0.15, -0.1) is 4.34 Å². The van der Waals surface area contributed by atoms with Gasteiger partial charge in [0.25, 0.3) is 0 Å². The van der Waals surface area contributed by atoms with Gasteiger partial charge in [-0.25, -0.2) is 9.13 Å². The Labute approximate surface area is 248 Å². The third-order valence-corrected chi connectivity index (χ3v) is 14.9. The average molecular weight is 576 g/mol. The molecule has 3 unspecified atom stereocenters. The van der Waals surface area contributed by atoms with Gasteiger partial charge in [-0.3, -0.25) is 0 Å². The zero-order chi connectivity index (χ0) is 30.0. The van der Waals surface area contributed by atoms with Crippen LogP contribution in [0.1, 0.15) is 131 Å². The molecular formula is C36H52N2O2P+. The van der Waals surface area contributed by atoms with Gasteiger partial charge >= 0.3 is 13.3 Å². The quantitative estimate of drug-likeness (QED) is 0.160. The first-order valence-electron chi connectivity index (χ1n) is 16.2. The third kappa shape index (κ3) is 3.14. The second kappa shape index (κ2) is 8.75. The van der Waals surface area contributed by atoms with Crippen molar-refractivity contribution in [2.75, 3.05) is 6.66 Å². The highest BCUT2D eigenvalue weighted by atomic mass is 31.2. The lowest BCUT2D eigenvalue weighted by Gasteiger charge is -2.50. The monoisotopic (exact) mass is 575 g/mol. The molecule has 0 saturated carbocycles. The van der Waals surface area contributed by atoms with Gasteiger partial charge in [0.15, 0.2) is 11.0 Å². The first kappa shape index (κ1) is 29.0. The van der Waals surface area contributed by atoms with Gasteiger partial charge in [-0.05, 0) is 76.8 Å². The van der Waals surface area contributed by atoms with Crippen molar-refractivity contribution in [1.29, 1.82) is 0 Å². The fourth-order valence-corrected chi connectivity index (χ4v) is 11.6. The lowest BCUT2D eigenvalue weighted by Crippen LogP contribution is -2.69. The molecule has 0 amide bonds. The molecule has 3 atom stereocenters. The Hall–Kier alpha value is -2.06. The van der Waals surface area contributed by atoms with Crippen LogP contribution in [0.5, 0.6) is 5.75 Å². The van der Waals surface area contributed by atoms with Gasteiger partial charge in [0.2, 0.25) is 0 Å². The lowest BCUT2D eigenvalue weighted by atomic mass is 9.56. The van der Waals surface area contributed by atoms with Crippen LogP contribution in [0.15, 0.2) is 30.3 Å². The Morgan fingerprint density at radius 2 is 1.49 bits per heavy atom. The molecule has 0 bridgehead atoms. The predicted octanol–water partition coefficient (Wildman–Crippen LogP) is 10.0. The Kier molecular flexibility index (Phi) is 6.19. The lowest BCUT2D eigenvalue weighted by molar-refractivity contribution is -0.747. The maximum atomic E-state index is 14.6. The van der Waals surface area contributed by atoms with Crippen LogP contribution in [-0.2, 0) is 26.3 Å². The van der Waals surface area contributed by atoms with Crippen molar-refractivity contribution in [3.8, 4) is 17.1 Å². The summed E-state index contributed by atoms with van der Waals surface area (Å²) in [6.45, 7) is 26.0. The summed E-state index contributed by atoms with van der Waals surface area (Å²) >= 11 is 0. The SMILES string of the molecule is CCCCCC1(C)C(C)(C)c2cc3c(cc2C1(C)C)[n+]1c2n3P(C)(=O)Oc3cccc(c3-2)C(C)(CC)C1(CC)CC. The summed E-state index contributed by atoms with van der Waals surface area (Å²) in [5.74, 6) is 1.86. The van der Waals surface area contributed by atoms with Crippen LogP contribution in [0.25, 0.3) is 22.4 Å². The van der Waals surface area contributed by atoms with E-state index in [1.54, 1.807) is 0 Å². The second-order valence-corrected chi connectivity index (χ2v) is 17.1. The molecule has 3 aliphatic rings. The summed E-state index contributed by atoms with van der Waals surface area (Å²) in [6.07, 6.45) is 8.00. The molecule has 1 aromatic heterocycles. The number of imidazole rings is 1. The third-order valence-electron chi connectivity index (χ3n) is 13.2. The minimum absolute atomic E-state index is 0.00276. The Balaban J connectivity index is 1.78. The number of aromatic nitrogens is 2. The van der Waals surface area contributed by atoms with Crippen molar-refractivity contribution in [2.24, 2.45) is 5.41 Å². The molecule has 6 rings (SSSR count). The number of nitrogens with zero attached hydrogens (tertiary/aromatic N) is 2. The minimum Gasteiger partial charge on any atom is -0.412 e. The first-order chi connectivity index (χ1) is 19.1. The van der Waals surface area contributed by atoms with Crippen molar-refractivity contribution in [1.82, 2.24) is 4.34 Å². The fourth-order valence-electron chi connectivity index (χ4n) is 9.92. The van der Waals surface area contributed by atoms with Crippen LogP contribution < -0.4 is 9.09 Å². The van der Waals surface area contributed by atoms with Gasteiger partial charge in [-0.1, -0.05) is 101 Å². The molecule has 2 aromatic carbocycles. The maximum absolute atomic E-state index is 14.6. The van der Waals surface area contributed by atoms with Crippen LogP contribution in [0.2, 0.25) is 0 Å². The topological polar surface area (TPSA) is 35.1 Å². The normalized spacial score (nSPS) is 29.7. The van der Waals surface area contributed by atoms with Crippen molar-refractivity contribution < 1.29 is 13.7 Å². The van der Waals surface area contributed by atoms with E-state index in [0.29, 0.717) is 0 Å². The van der Waals surface area contributed by atoms with E-state index in [2.05, 4.69) is 102 Å². The smallest absolute Gasteiger partial charge is 0.412 e. The van der Waals surface area contributed by atoms with Crippen molar-refractivity contribution in [3.05, 3.63) is 47.0 Å². The average Bonchev–Trinajstić information content (AvgIpc) is 3.32. The number of benzene rings is 2. The molecule has 41 heavy (non-hydrogen) atoms. The molecule has 3 heterocycles. The molecule has 3 aromatic rings. The molecule has 0 fully saturated rings. The van der Waals surface area contributed by atoms with Crippen LogP contribution in [0.3, 0.4) is 0 Å². The predicted molar refractivity (Wildman–Crippen MR) is 172 cm³/mol. The summed E-state index contributed by atoms with van der Waals surface area (Å²) in [5.41, 5.74) is 7.48. The molecule has 0 N–H and O–H groups in total. The van der Waals surface area contributed by atoms with E-state index in [-0.39, 0.29) is 27.2 Å². The second-order valence-electron chi connectivity index (χ2n) is 14.9. The zero-order valence-corrected chi connectivity index (χ0v) is 28.4.